The Morgan fingerprint density at radius 2 is 1.88 bits per heavy atom. The number of rotatable bonds is 12. The van der Waals surface area contributed by atoms with Gasteiger partial charge in [0.2, 0.25) is 11.9 Å². The fourth-order valence-electron chi connectivity index (χ4n) is 4.73. The number of benzene rings is 1. The van der Waals surface area contributed by atoms with Crippen molar-refractivity contribution in [2.75, 3.05) is 59.9 Å². The molecule has 2 aromatic heterocycles. The van der Waals surface area contributed by atoms with Crippen molar-refractivity contribution in [2.45, 2.75) is 25.6 Å². The Kier molecular flexibility index (Phi) is 9.75. The Balaban J connectivity index is 1.79. The molecule has 13 heteroatoms. The summed E-state index contributed by atoms with van der Waals surface area (Å²) in [6, 6.07) is 3.36. The highest BCUT2D eigenvalue weighted by Crippen LogP contribution is 2.45. The standard InChI is InChI=1S/C28H34Cl2N6O5/c1-7-22(37)35-13-18(14-35)34(3)8-9-36-26-17(12-31-28(33-26)32-16(2)15-39-4)10-19(27(36)38)23-24(29)20(40-5)11-21(41-6)25(23)30/h7,10-12,16,18H,1,8-9,13-15H2,2-6H3,(H,31,32,33). The molecule has 1 saturated heterocycles. The third-order valence-electron chi connectivity index (χ3n) is 7.11. The van der Waals surface area contributed by atoms with Gasteiger partial charge in [-0.05, 0) is 26.1 Å². The van der Waals surface area contributed by atoms with Crippen LogP contribution >= 0.6 is 23.2 Å². The number of carbonyl (C=O) groups excluding carboxylic acids is 1. The second kappa shape index (κ2) is 13.1. The molecule has 0 saturated carbocycles. The summed E-state index contributed by atoms with van der Waals surface area (Å²) in [6.07, 6.45) is 2.97. The van der Waals surface area contributed by atoms with E-state index in [-0.39, 0.29) is 39.2 Å². The number of fused-ring (bicyclic) bond motifs is 1. The van der Waals surface area contributed by atoms with E-state index in [0.717, 1.165) is 0 Å². The molecule has 0 bridgehead atoms. The number of carbonyl (C=O) groups is 1. The van der Waals surface area contributed by atoms with Crippen LogP contribution in [0.15, 0.2) is 35.8 Å². The average Bonchev–Trinajstić information content (AvgIpc) is 2.92. The quantitative estimate of drug-likeness (QED) is 0.310. The fraction of sp³-hybridized carbons (Fsp3) is 0.429. The van der Waals surface area contributed by atoms with E-state index >= 15 is 0 Å². The highest BCUT2D eigenvalue weighted by atomic mass is 35.5. The van der Waals surface area contributed by atoms with Gasteiger partial charge in [0, 0.05) is 68.6 Å². The zero-order valence-corrected chi connectivity index (χ0v) is 25.3. The first-order valence-corrected chi connectivity index (χ1v) is 13.8. The highest BCUT2D eigenvalue weighted by Gasteiger charge is 2.32. The summed E-state index contributed by atoms with van der Waals surface area (Å²) in [5.41, 5.74) is 0.674. The second-order valence-electron chi connectivity index (χ2n) is 9.85. The van der Waals surface area contributed by atoms with Crippen molar-refractivity contribution in [1.82, 2.24) is 24.3 Å². The Bertz CT molecular complexity index is 1480. The predicted octanol–water partition coefficient (Wildman–Crippen LogP) is 3.56. The maximum atomic E-state index is 14.1. The molecule has 1 fully saturated rings. The maximum Gasteiger partial charge on any atom is 0.260 e. The Morgan fingerprint density at radius 1 is 1.22 bits per heavy atom. The lowest BCUT2D eigenvalue weighted by atomic mass is 10.0. The summed E-state index contributed by atoms with van der Waals surface area (Å²) in [4.78, 5) is 39.0. The minimum Gasteiger partial charge on any atom is -0.495 e. The second-order valence-corrected chi connectivity index (χ2v) is 10.6. The number of anilines is 1. The lowest BCUT2D eigenvalue weighted by Gasteiger charge is -2.43. The van der Waals surface area contributed by atoms with E-state index < -0.39 is 0 Å². The van der Waals surface area contributed by atoms with Crippen molar-refractivity contribution < 1.29 is 19.0 Å². The van der Waals surface area contributed by atoms with Gasteiger partial charge in [-0.25, -0.2) is 4.98 Å². The molecule has 220 valence electrons. The number of methoxy groups -OCH3 is 3. The van der Waals surface area contributed by atoms with Gasteiger partial charge in [0.05, 0.1) is 36.4 Å². The van der Waals surface area contributed by atoms with Gasteiger partial charge in [-0.1, -0.05) is 29.8 Å². The molecule has 0 spiro atoms. The zero-order chi connectivity index (χ0) is 29.8. The molecule has 1 aromatic carbocycles. The van der Waals surface area contributed by atoms with Crippen LogP contribution in [0.1, 0.15) is 6.92 Å². The zero-order valence-electron chi connectivity index (χ0n) is 23.7. The Morgan fingerprint density at radius 3 is 2.46 bits per heavy atom. The van der Waals surface area contributed by atoms with Gasteiger partial charge in [-0.3, -0.25) is 19.1 Å². The molecule has 3 heterocycles. The van der Waals surface area contributed by atoms with Gasteiger partial charge in [0.1, 0.15) is 17.1 Å². The van der Waals surface area contributed by atoms with E-state index in [9.17, 15) is 9.59 Å². The molecule has 1 N–H and O–H groups in total. The van der Waals surface area contributed by atoms with Gasteiger partial charge in [-0.15, -0.1) is 0 Å². The predicted molar refractivity (Wildman–Crippen MR) is 161 cm³/mol. The van der Waals surface area contributed by atoms with Gasteiger partial charge in [-0.2, -0.15) is 4.98 Å². The van der Waals surface area contributed by atoms with Crippen LogP contribution in [0.4, 0.5) is 5.95 Å². The molecule has 1 amide bonds. The maximum absolute atomic E-state index is 14.1. The number of amides is 1. The number of nitrogens with zero attached hydrogens (tertiary/aromatic N) is 5. The molecule has 4 rings (SSSR count). The summed E-state index contributed by atoms with van der Waals surface area (Å²) >= 11 is 13.4. The number of halogens is 2. The number of hydrogen-bond acceptors (Lipinski definition) is 9. The molecule has 11 nitrogen and oxygen atoms in total. The van der Waals surface area contributed by atoms with Crippen LogP contribution in [0.2, 0.25) is 10.0 Å². The summed E-state index contributed by atoms with van der Waals surface area (Å²) < 4.78 is 17.7. The van der Waals surface area contributed by atoms with Crippen LogP contribution in [0.3, 0.4) is 0 Å². The fourth-order valence-corrected chi connectivity index (χ4v) is 5.44. The normalized spacial score (nSPS) is 14.2. The molecular formula is C28H34Cl2N6O5. The topological polar surface area (TPSA) is 111 Å². The molecule has 1 unspecified atom stereocenters. The smallest absolute Gasteiger partial charge is 0.260 e. The molecular weight excluding hydrogens is 571 g/mol. The molecule has 1 atom stereocenters. The van der Waals surface area contributed by atoms with E-state index in [1.807, 2.05) is 14.0 Å². The highest BCUT2D eigenvalue weighted by molar-refractivity contribution is 6.41. The Labute approximate surface area is 248 Å². The van der Waals surface area contributed by atoms with Gasteiger partial charge in [0.15, 0.2) is 0 Å². The molecule has 0 radical (unpaired) electrons. The molecule has 1 aliphatic rings. The third-order valence-corrected chi connectivity index (χ3v) is 7.86. The summed E-state index contributed by atoms with van der Waals surface area (Å²) in [5.74, 6) is 0.917. The molecule has 0 aliphatic carbocycles. The molecule has 1 aliphatic heterocycles. The summed E-state index contributed by atoms with van der Waals surface area (Å²) in [5, 5.41) is 4.20. The van der Waals surface area contributed by atoms with Crippen molar-refractivity contribution in [3.8, 4) is 22.6 Å². The van der Waals surface area contributed by atoms with Crippen molar-refractivity contribution in [3.63, 3.8) is 0 Å². The van der Waals surface area contributed by atoms with E-state index in [1.54, 1.807) is 34.9 Å². The number of ether oxygens (including phenoxy) is 3. The van der Waals surface area contributed by atoms with Gasteiger partial charge in [0.25, 0.3) is 5.56 Å². The van der Waals surface area contributed by atoms with Crippen LogP contribution in [0, 0.1) is 0 Å². The largest absolute Gasteiger partial charge is 0.495 e. The van der Waals surface area contributed by atoms with Crippen LogP contribution < -0.4 is 20.3 Å². The first kappa shape index (κ1) is 30.6. The Hall–Kier alpha value is -3.38. The number of nitrogens with one attached hydrogen (secondary N) is 1. The minimum atomic E-state index is -0.336. The number of aromatic nitrogens is 3. The molecule has 3 aromatic rings. The third kappa shape index (κ3) is 6.28. The minimum absolute atomic E-state index is 0.0512. The number of likely N-dealkylation sites (N-methyl/N-ethyl adjacent to an activating group) is 1. The van der Waals surface area contributed by atoms with Gasteiger partial charge < -0.3 is 24.4 Å². The van der Waals surface area contributed by atoms with Crippen LogP contribution in [-0.2, 0) is 16.1 Å². The van der Waals surface area contributed by atoms with Crippen molar-refractivity contribution >= 4 is 46.1 Å². The first-order valence-electron chi connectivity index (χ1n) is 13.0. The lowest BCUT2D eigenvalue weighted by molar-refractivity contribution is -0.132. The average molecular weight is 606 g/mol. The van der Waals surface area contributed by atoms with E-state index in [1.165, 1.54) is 20.3 Å². The van der Waals surface area contributed by atoms with Crippen LogP contribution in [0.5, 0.6) is 11.5 Å². The monoisotopic (exact) mass is 604 g/mol. The first-order chi connectivity index (χ1) is 19.6. The SMILES string of the molecule is C=CC(=O)N1CC(N(C)CCn2c(=O)c(-c3c(Cl)c(OC)cc(OC)c3Cl)cc3cnc(NC(C)COC)nc32)C1. The van der Waals surface area contributed by atoms with Crippen LogP contribution in [-0.4, -0.2) is 96.9 Å². The number of likely N-dealkylation sites (tertiary alicyclic amines) is 1. The number of pyridine rings is 1. The summed E-state index contributed by atoms with van der Waals surface area (Å²) in [6.45, 7) is 7.98. The lowest BCUT2D eigenvalue weighted by Crippen LogP contribution is -2.60. The van der Waals surface area contributed by atoms with E-state index in [4.69, 9.17) is 42.4 Å². The van der Waals surface area contributed by atoms with Crippen molar-refractivity contribution in [2.24, 2.45) is 0 Å². The summed E-state index contributed by atoms with van der Waals surface area (Å²) in [7, 11) is 6.54. The van der Waals surface area contributed by atoms with Gasteiger partial charge >= 0.3 is 0 Å². The van der Waals surface area contributed by atoms with E-state index in [2.05, 4.69) is 21.8 Å². The van der Waals surface area contributed by atoms with E-state index in [0.29, 0.717) is 66.8 Å². The number of hydrogen-bond donors (Lipinski definition) is 1. The molecule has 41 heavy (non-hydrogen) atoms. The van der Waals surface area contributed by atoms with Crippen LogP contribution in [0.25, 0.3) is 22.2 Å². The van der Waals surface area contributed by atoms with Crippen molar-refractivity contribution in [3.05, 3.63) is 51.4 Å². The van der Waals surface area contributed by atoms with Crippen molar-refractivity contribution in [1.29, 1.82) is 0 Å².